The first-order chi connectivity index (χ1) is 9.06. The monoisotopic (exact) mass is 323 g/mol. The van der Waals surface area contributed by atoms with Crippen LogP contribution < -0.4 is 5.73 Å². The minimum absolute atomic E-state index is 0.0757. The van der Waals surface area contributed by atoms with E-state index in [0.29, 0.717) is 16.7 Å². The number of rotatable bonds is 1. The first-order valence-corrected chi connectivity index (χ1v) is 6.24. The number of fused-ring (bicyclic) bond motifs is 1. The summed E-state index contributed by atoms with van der Waals surface area (Å²) >= 11 is 3.31. The Labute approximate surface area is 115 Å². The number of halogens is 3. The van der Waals surface area contributed by atoms with Gasteiger partial charge >= 0.3 is 0 Å². The Balaban J connectivity index is 2.26. The number of aromatic amines is 1. The number of nitrogens with two attached hydrogens (primary N) is 1. The van der Waals surface area contributed by atoms with Crippen LogP contribution in [-0.2, 0) is 0 Å². The molecule has 0 saturated heterocycles. The van der Waals surface area contributed by atoms with E-state index in [1.54, 1.807) is 12.1 Å². The lowest BCUT2D eigenvalue weighted by Gasteiger charge is -1.99. The van der Waals surface area contributed by atoms with Crippen LogP contribution in [0.4, 0.5) is 14.5 Å². The van der Waals surface area contributed by atoms with Gasteiger partial charge in [-0.25, -0.2) is 13.8 Å². The third-order valence-corrected chi connectivity index (χ3v) is 3.25. The minimum Gasteiger partial charge on any atom is -0.397 e. The van der Waals surface area contributed by atoms with Gasteiger partial charge in [-0.05, 0) is 24.3 Å². The maximum atomic E-state index is 13.7. The highest BCUT2D eigenvalue weighted by Gasteiger charge is 2.14. The summed E-state index contributed by atoms with van der Waals surface area (Å²) in [5.41, 5.74) is 7.56. The summed E-state index contributed by atoms with van der Waals surface area (Å²) in [7, 11) is 0. The van der Waals surface area contributed by atoms with Crippen LogP contribution in [-0.4, -0.2) is 9.97 Å². The lowest BCUT2D eigenvalue weighted by atomic mass is 10.2. The predicted molar refractivity (Wildman–Crippen MR) is 73.6 cm³/mol. The Morgan fingerprint density at radius 2 is 2.00 bits per heavy atom. The lowest BCUT2D eigenvalue weighted by molar-refractivity contribution is 0.510. The molecule has 0 unspecified atom stereocenters. The van der Waals surface area contributed by atoms with Crippen LogP contribution in [0.3, 0.4) is 0 Å². The van der Waals surface area contributed by atoms with Gasteiger partial charge in [0.2, 0.25) is 0 Å². The van der Waals surface area contributed by atoms with E-state index in [-0.39, 0.29) is 11.4 Å². The molecule has 3 aromatic rings. The summed E-state index contributed by atoms with van der Waals surface area (Å²) in [6.07, 6.45) is 0. The molecule has 0 bridgehead atoms. The van der Waals surface area contributed by atoms with Crippen molar-refractivity contribution < 1.29 is 8.78 Å². The van der Waals surface area contributed by atoms with Crippen LogP contribution >= 0.6 is 15.9 Å². The second-order valence-electron chi connectivity index (χ2n) is 4.08. The number of H-pyrrole nitrogens is 1. The quantitative estimate of drug-likeness (QED) is 0.668. The van der Waals surface area contributed by atoms with Crippen LogP contribution in [0.5, 0.6) is 0 Å². The van der Waals surface area contributed by atoms with E-state index in [4.69, 9.17) is 5.73 Å². The standard InChI is InChI=1S/C13H8BrF2N3/c14-6-4-9(17)12-10(5-6)18-13(19-12)7-2-1-3-8(15)11(7)16/h1-5H,17H2,(H,18,19). The molecule has 0 saturated carbocycles. The molecular formula is C13H8BrF2N3. The van der Waals surface area contributed by atoms with Crippen LogP contribution in [0, 0.1) is 11.6 Å². The van der Waals surface area contributed by atoms with Gasteiger partial charge in [-0.15, -0.1) is 0 Å². The molecule has 1 heterocycles. The molecule has 0 fully saturated rings. The van der Waals surface area contributed by atoms with Crippen LogP contribution in [0.15, 0.2) is 34.8 Å². The van der Waals surface area contributed by atoms with Gasteiger partial charge in [0, 0.05) is 4.47 Å². The molecule has 0 spiro atoms. The van der Waals surface area contributed by atoms with E-state index in [9.17, 15) is 8.78 Å². The van der Waals surface area contributed by atoms with Crippen LogP contribution in [0.2, 0.25) is 0 Å². The molecule has 3 N–H and O–H groups in total. The molecule has 19 heavy (non-hydrogen) atoms. The molecule has 96 valence electrons. The molecule has 0 amide bonds. The fourth-order valence-electron chi connectivity index (χ4n) is 1.92. The zero-order valence-electron chi connectivity index (χ0n) is 9.55. The number of nitrogens with one attached hydrogen (secondary N) is 1. The Morgan fingerprint density at radius 1 is 1.21 bits per heavy atom. The molecule has 2 aromatic carbocycles. The summed E-state index contributed by atoms with van der Waals surface area (Å²) < 4.78 is 27.7. The van der Waals surface area contributed by atoms with Crippen molar-refractivity contribution in [2.75, 3.05) is 5.73 Å². The topological polar surface area (TPSA) is 54.7 Å². The normalized spacial score (nSPS) is 11.1. The van der Waals surface area contributed by atoms with Crippen molar-refractivity contribution in [1.29, 1.82) is 0 Å². The van der Waals surface area contributed by atoms with Crippen molar-refractivity contribution in [1.82, 2.24) is 9.97 Å². The third kappa shape index (κ3) is 1.98. The van der Waals surface area contributed by atoms with Crippen molar-refractivity contribution in [3.63, 3.8) is 0 Å². The van der Waals surface area contributed by atoms with Crippen LogP contribution in [0.25, 0.3) is 22.4 Å². The van der Waals surface area contributed by atoms with E-state index in [2.05, 4.69) is 25.9 Å². The highest BCUT2D eigenvalue weighted by molar-refractivity contribution is 9.10. The van der Waals surface area contributed by atoms with Gasteiger partial charge in [-0.2, -0.15) is 0 Å². The fraction of sp³-hybridized carbons (Fsp3) is 0. The van der Waals surface area contributed by atoms with Crippen molar-refractivity contribution in [3.05, 3.63) is 46.4 Å². The summed E-state index contributed by atoms with van der Waals surface area (Å²) in [4.78, 5) is 7.15. The predicted octanol–water partition coefficient (Wildman–Crippen LogP) is 3.85. The molecule has 3 nitrogen and oxygen atoms in total. The van der Waals surface area contributed by atoms with Crippen molar-refractivity contribution in [2.45, 2.75) is 0 Å². The zero-order valence-corrected chi connectivity index (χ0v) is 11.1. The highest BCUT2D eigenvalue weighted by atomic mass is 79.9. The molecule has 1 aromatic heterocycles. The molecular weight excluding hydrogens is 316 g/mol. The first kappa shape index (κ1) is 12.1. The average Bonchev–Trinajstić information content (AvgIpc) is 2.76. The summed E-state index contributed by atoms with van der Waals surface area (Å²) in [5.74, 6) is -1.59. The van der Waals surface area contributed by atoms with Gasteiger partial charge in [0.1, 0.15) is 11.3 Å². The van der Waals surface area contributed by atoms with Crippen molar-refractivity contribution in [2.24, 2.45) is 0 Å². The Bertz CT molecular complexity index is 783. The molecule has 0 aliphatic rings. The van der Waals surface area contributed by atoms with Gasteiger partial charge in [-0.1, -0.05) is 22.0 Å². The minimum atomic E-state index is -0.931. The lowest BCUT2D eigenvalue weighted by Crippen LogP contribution is -1.90. The van der Waals surface area contributed by atoms with Crippen molar-refractivity contribution in [3.8, 4) is 11.4 Å². The maximum absolute atomic E-state index is 13.7. The zero-order chi connectivity index (χ0) is 13.6. The number of nitrogens with zero attached hydrogens (tertiary/aromatic N) is 1. The fourth-order valence-corrected chi connectivity index (χ4v) is 2.40. The number of imidazole rings is 1. The summed E-state index contributed by atoms with van der Waals surface area (Å²) in [5, 5.41) is 0. The first-order valence-electron chi connectivity index (χ1n) is 5.45. The number of anilines is 1. The number of nitrogen functional groups attached to an aromatic ring is 1. The van der Waals surface area contributed by atoms with Gasteiger partial charge < -0.3 is 10.7 Å². The van der Waals surface area contributed by atoms with E-state index < -0.39 is 11.6 Å². The third-order valence-electron chi connectivity index (χ3n) is 2.79. The van der Waals surface area contributed by atoms with Gasteiger partial charge in [0.25, 0.3) is 0 Å². The maximum Gasteiger partial charge on any atom is 0.169 e. The van der Waals surface area contributed by atoms with Crippen molar-refractivity contribution >= 4 is 32.7 Å². The number of hydrogen-bond donors (Lipinski definition) is 2. The average molecular weight is 324 g/mol. The van der Waals surface area contributed by atoms with E-state index >= 15 is 0 Å². The SMILES string of the molecule is Nc1cc(Br)cc2[nH]c(-c3cccc(F)c3F)nc12. The molecule has 0 radical (unpaired) electrons. The Kier molecular flexibility index (Phi) is 2.74. The second kappa shape index (κ2) is 4.31. The van der Waals surface area contributed by atoms with E-state index in [0.717, 1.165) is 10.5 Å². The molecule has 0 atom stereocenters. The highest BCUT2D eigenvalue weighted by Crippen LogP contribution is 2.29. The number of aromatic nitrogens is 2. The summed E-state index contributed by atoms with van der Waals surface area (Å²) in [6, 6.07) is 7.43. The summed E-state index contributed by atoms with van der Waals surface area (Å²) in [6.45, 7) is 0. The largest absolute Gasteiger partial charge is 0.397 e. The molecule has 0 aliphatic carbocycles. The van der Waals surface area contributed by atoms with Gasteiger partial charge in [-0.3, -0.25) is 0 Å². The van der Waals surface area contributed by atoms with Gasteiger partial charge in [0.15, 0.2) is 11.6 Å². The molecule has 0 aliphatic heterocycles. The second-order valence-corrected chi connectivity index (χ2v) is 4.99. The number of hydrogen-bond acceptors (Lipinski definition) is 2. The van der Waals surface area contributed by atoms with E-state index in [1.165, 1.54) is 12.1 Å². The Morgan fingerprint density at radius 3 is 2.79 bits per heavy atom. The van der Waals surface area contributed by atoms with Gasteiger partial charge in [0.05, 0.1) is 16.8 Å². The molecule has 6 heteroatoms. The van der Waals surface area contributed by atoms with E-state index in [1.807, 2.05) is 0 Å². The Hall–Kier alpha value is -1.95. The number of benzene rings is 2. The molecule has 3 rings (SSSR count). The smallest absolute Gasteiger partial charge is 0.169 e. The van der Waals surface area contributed by atoms with Crippen LogP contribution in [0.1, 0.15) is 0 Å².